The number of carbonyl (C=O) groups excluding carboxylic acids is 1. The van der Waals surface area contributed by atoms with Crippen LogP contribution in [0.2, 0.25) is 0 Å². The van der Waals surface area contributed by atoms with Crippen LogP contribution in [-0.2, 0) is 21.3 Å². The summed E-state index contributed by atoms with van der Waals surface area (Å²) in [5.41, 5.74) is 6.17. The summed E-state index contributed by atoms with van der Waals surface area (Å²) in [6.45, 7) is 3.55. The van der Waals surface area contributed by atoms with E-state index in [0.29, 0.717) is 11.6 Å². The summed E-state index contributed by atoms with van der Waals surface area (Å²) in [4.78, 5) is 16.4. The largest absolute Gasteiger partial charge is 0.463 e. The van der Waals surface area contributed by atoms with Crippen LogP contribution < -0.4 is 5.73 Å². The molecule has 2 N–H and O–H groups in total. The minimum absolute atomic E-state index is 0.0175. The zero-order valence-electron chi connectivity index (χ0n) is 12.1. The SMILES string of the molecule is CCOC(=O)C1=C(C)OC(N)=C(C#N)C1c1nccn1C. The lowest BCUT2D eigenvalue weighted by molar-refractivity contribution is -0.139. The number of allylic oxidation sites excluding steroid dienone is 2. The van der Waals surface area contributed by atoms with Gasteiger partial charge in [-0.1, -0.05) is 0 Å². The molecule has 0 spiro atoms. The molecule has 1 aromatic heterocycles. The van der Waals surface area contributed by atoms with Gasteiger partial charge in [0.05, 0.1) is 18.1 Å². The molecular formula is C14H16N4O3. The quantitative estimate of drug-likeness (QED) is 0.834. The number of esters is 1. The van der Waals surface area contributed by atoms with E-state index in [9.17, 15) is 10.1 Å². The third kappa shape index (κ3) is 2.48. The van der Waals surface area contributed by atoms with Crippen molar-refractivity contribution in [3.63, 3.8) is 0 Å². The molecule has 0 fully saturated rings. The first-order valence-corrected chi connectivity index (χ1v) is 6.43. The predicted octanol–water partition coefficient (Wildman–Crippen LogP) is 1.06. The Balaban J connectivity index is 2.61. The topological polar surface area (TPSA) is 103 Å². The molecule has 0 saturated carbocycles. The summed E-state index contributed by atoms with van der Waals surface area (Å²) in [6, 6.07) is 2.00. The van der Waals surface area contributed by atoms with Gasteiger partial charge in [-0.05, 0) is 13.8 Å². The van der Waals surface area contributed by atoms with Crippen LogP contribution in [0.1, 0.15) is 25.6 Å². The summed E-state index contributed by atoms with van der Waals surface area (Å²) in [7, 11) is 1.78. The van der Waals surface area contributed by atoms with E-state index in [1.54, 1.807) is 37.9 Å². The van der Waals surface area contributed by atoms with Gasteiger partial charge < -0.3 is 19.8 Å². The van der Waals surface area contributed by atoms with Crippen LogP contribution in [0.5, 0.6) is 0 Å². The number of rotatable bonds is 3. The normalized spacial score (nSPS) is 18.3. The average molecular weight is 288 g/mol. The van der Waals surface area contributed by atoms with Gasteiger partial charge in [-0.3, -0.25) is 0 Å². The van der Waals surface area contributed by atoms with Crippen LogP contribution in [0.25, 0.3) is 0 Å². The Morgan fingerprint density at radius 1 is 1.67 bits per heavy atom. The minimum atomic E-state index is -0.692. The maximum atomic E-state index is 12.2. The highest BCUT2D eigenvalue weighted by atomic mass is 16.5. The van der Waals surface area contributed by atoms with E-state index in [4.69, 9.17) is 15.2 Å². The zero-order chi connectivity index (χ0) is 15.6. The second kappa shape index (κ2) is 5.71. The molecule has 0 bridgehead atoms. The van der Waals surface area contributed by atoms with Crippen LogP contribution in [0, 0.1) is 11.3 Å². The smallest absolute Gasteiger partial charge is 0.338 e. The summed E-state index contributed by atoms with van der Waals surface area (Å²) in [5, 5.41) is 9.36. The number of carbonyl (C=O) groups is 1. The molecule has 0 amide bonds. The van der Waals surface area contributed by atoms with Gasteiger partial charge in [-0.15, -0.1) is 0 Å². The van der Waals surface area contributed by atoms with Crippen LogP contribution in [-0.4, -0.2) is 22.1 Å². The van der Waals surface area contributed by atoms with Gasteiger partial charge in [0.2, 0.25) is 5.88 Å². The molecular weight excluding hydrogens is 272 g/mol. The van der Waals surface area contributed by atoms with Gasteiger partial charge in [-0.2, -0.15) is 5.26 Å². The van der Waals surface area contributed by atoms with E-state index in [2.05, 4.69) is 4.98 Å². The standard InChI is InChI=1S/C14H16N4O3/c1-4-20-14(19)10-8(2)21-12(16)9(7-15)11(10)13-17-5-6-18(13)3/h5-6,11H,4,16H2,1-3H3. The fourth-order valence-corrected chi connectivity index (χ4v) is 2.27. The Morgan fingerprint density at radius 2 is 2.38 bits per heavy atom. The van der Waals surface area contributed by atoms with Gasteiger partial charge in [-0.25, -0.2) is 9.78 Å². The van der Waals surface area contributed by atoms with Crippen LogP contribution in [0.15, 0.2) is 35.2 Å². The Labute approximate surface area is 122 Å². The van der Waals surface area contributed by atoms with Crippen molar-refractivity contribution in [1.82, 2.24) is 9.55 Å². The molecule has 1 aliphatic rings. The summed E-state index contributed by atoms with van der Waals surface area (Å²) in [6.07, 6.45) is 3.32. The lowest BCUT2D eigenvalue weighted by atomic mass is 9.88. The number of aromatic nitrogens is 2. The van der Waals surface area contributed by atoms with Crippen LogP contribution >= 0.6 is 0 Å². The predicted molar refractivity (Wildman–Crippen MR) is 73.2 cm³/mol. The zero-order valence-corrected chi connectivity index (χ0v) is 12.1. The second-order valence-electron chi connectivity index (χ2n) is 4.51. The third-order valence-electron chi connectivity index (χ3n) is 3.22. The number of nitriles is 1. The average Bonchev–Trinajstić information content (AvgIpc) is 2.84. The highest BCUT2D eigenvalue weighted by Gasteiger charge is 2.38. The van der Waals surface area contributed by atoms with Gasteiger partial charge >= 0.3 is 5.97 Å². The molecule has 0 saturated heterocycles. The van der Waals surface area contributed by atoms with Crippen molar-refractivity contribution in [3.05, 3.63) is 41.0 Å². The first-order chi connectivity index (χ1) is 10.0. The van der Waals surface area contributed by atoms with Crippen molar-refractivity contribution >= 4 is 5.97 Å². The van der Waals surface area contributed by atoms with Crippen molar-refractivity contribution in [3.8, 4) is 6.07 Å². The Hall–Kier alpha value is -2.75. The van der Waals surface area contributed by atoms with Gasteiger partial charge in [0.15, 0.2) is 0 Å². The van der Waals surface area contributed by atoms with Gasteiger partial charge in [0.25, 0.3) is 0 Å². The molecule has 7 heteroatoms. The molecule has 2 rings (SSSR count). The summed E-state index contributed by atoms with van der Waals surface area (Å²) < 4.78 is 12.1. The first kappa shape index (κ1) is 14.7. The number of hydrogen-bond acceptors (Lipinski definition) is 6. The maximum absolute atomic E-state index is 12.2. The Kier molecular flexibility index (Phi) is 3.98. The fourth-order valence-electron chi connectivity index (χ4n) is 2.27. The van der Waals surface area contributed by atoms with Crippen molar-refractivity contribution < 1.29 is 14.3 Å². The van der Waals surface area contributed by atoms with E-state index in [0.717, 1.165) is 0 Å². The monoisotopic (exact) mass is 288 g/mol. The summed E-state index contributed by atoms with van der Waals surface area (Å²) >= 11 is 0. The molecule has 1 atom stereocenters. The van der Waals surface area contributed by atoms with E-state index < -0.39 is 11.9 Å². The maximum Gasteiger partial charge on any atom is 0.338 e. The Morgan fingerprint density at radius 3 is 2.90 bits per heavy atom. The number of aryl methyl sites for hydroxylation is 1. The van der Waals surface area contributed by atoms with Crippen molar-refractivity contribution in [2.24, 2.45) is 12.8 Å². The molecule has 1 aromatic rings. The number of hydrogen-bond donors (Lipinski definition) is 1. The van der Waals surface area contributed by atoms with Gasteiger partial charge in [0, 0.05) is 19.4 Å². The third-order valence-corrected chi connectivity index (χ3v) is 3.22. The molecule has 0 aliphatic carbocycles. The molecule has 21 heavy (non-hydrogen) atoms. The summed E-state index contributed by atoms with van der Waals surface area (Å²) in [5.74, 6) is -0.403. The highest BCUT2D eigenvalue weighted by molar-refractivity contribution is 5.92. The fraction of sp³-hybridized carbons (Fsp3) is 0.357. The number of imidazole rings is 1. The van der Waals surface area contributed by atoms with Crippen molar-refractivity contribution in [1.29, 1.82) is 5.26 Å². The Bertz CT molecular complexity index is 679. The van der Waals surface area contributed by atoms with Crippen molar-refractivity contribution in [2.75, 3.05) is 6.61 Å². The van der Waals surface area contributed by atoms with Crippen LogP contribution in [0.4, 0.5) is 0 Å². The van der Waals surface area contributed by atoms with Gasteiger partial charge in [0.1, 0.15) is 23.2 Å². The minimum Gasteiger partial charge on any atom is -0.463 e. The number of nitrogens with zero attached hydrogens (tertiary/aromatic N) is 3. The van der Waals surface area contributed by atoms with Crippen molar-refractivity contribution in [2.45, 2.75) is 19.8 Å². The van der Waals surface area contributed by atoms with E-state index in [-0.39, 0.29) is 23.6 Å². The van der Waals surface area contributed by atoms with E-state index in [1.165, 1.54) is 0 Å². The molecule has 1 unspecified atom stereocenters. The first-order valence-electron chi connectivity index (χ1n) is 6.43. The van der Waals surface area contributed by atoms with Crippen LogP contribution in [0.3, 0.4) is 0 Å². The molecule has 1 aliphatic heterocycles. The molecule has 0 radical (unpaired) electrons. The van der Waals surface area contributed by atoms with E-state index >= 15 is 0 Å². The lowest BCUT2D eigenvalue weighted by Gasteiger charge is -2.26. The lowest BCUT2D eigenvalue weighted by Crippen LogP contribution is -2.27. The molecule has 110 valence electrons. The second-order valence-corrected chi connectivity index (χ2v) is 4.51. The highest BCUT2D eigenvalue weighted by Crippen LogP contribution is 2.38. The molecule has 0 aromatic carbocycles. The number of nitrogens with two attached hydrogens (primary N) is 1. The molecule has 2 heterocycles. The molecule has 7 nitrogen and oxygen atoms in total. The number of ether oxygens (including phenoxy) is 2. The van der Waals surface area contributed by atoms with E-state index in [1.807, 2.05) is 6.07 Å².